The van der Waals surface area contributed by atoms with E-state index in [2.05, 4.69) is 52.0 Å². The number of benzene rings is 1. The van der Waals surface area contributed by atoms with E-state index in [1.54, 1.807) is 6.92 Å². The van der Waals surface area contributed by atoms with Crippen LogP contribution in [0.3, 0.4) is 0 Å². The van der Waals surface area contributed by atoms with Crippen LogP contribution >= 0.6 is 0 Å². The van der Waals surface area contributed by atoms with Gasteiger partial charge in [-0.3, -0.25) is 0 Å². The summed E-state index contributed by atoms with van der Waals surface area (Å²) in [6, 6.07) is 10.4. The second-order valence-corrected chi connectivity index (χ2v) is 7.61. The van der Waals surface area contributed by atoms with Crippen molar-refractivity contribution in [1.82, 2.24) is 0 Å². The van der Waals surface area contributed by atoms with E-state index in [1.807, 2.05) is 6.07 Å². The van der Waals surface area contributed by atoms with E-state index >= 15 is 0 Å². The fraction of sp³-hybridized carbons (Fsp3) is 0.632. The van der Waals surface area contributed by atoms with Crippen LogP contribution in [-0.2, 0) is 14.1 Å². The zero-order valence-electron chi connectivity index (χ0n) is 15.1. The van der Waals surface area contributed by atoms with Crippen LogP contribution in [0.25, 0.3) is 0 Å². The zero-order chi connectivity index (χ0) is 17.1. The molecule has 4 heteroatoms. The lowest BCUT2D eigenvalue weighted by Gasteiger charge is -2.32. The number of carbonyl (C=O) groups excluding carboxylic acids is 1. The highest BCUT2D eigenvalue weighted by molar-refractivity contribution is 6.45. The summed E-state index contributed by atoms with van der Waals surface area (Å²) in [7, 11) is -0.163. The molecule has 0 radical (unpaired) electrons. The molecule has 0 amide bonds. The Kier molecular flexibility index (Phi) is 5.69. The third-order valence-electron chi connectivity index (χ3n) is 5.17. The van der Waals surface area contributed by atoms with Crippen molar-refractivity contribution in [1.29, 1.82) is 0 Å². The number of ketones is 1. The normalized spacial score (nSPS) is 20.5. The molecule has 1 saturated heterocycles. The van der Waals surface area contributed by atoms with Gasteiger partial charge in [-0.05, 0) is 65.3 Å². The Morgan fingerprint density at radius 2 is 1.61 bits per heavy atom. The van der Waals surface area contributed by atoms with Crippen LogP contribution in [0.5, 0.6) is 0 Å². The van der Waals surface area contributed by atoms with Gasteiger partial charge < -0.3 is 14.1 Å². The smallest absolute Gasteiger partial charge is 0.403 e. The van der Waals surface area contributed by atoms with Crippen LogP contribution in [-0.4, -0.2) is 24.1 Å². The molecule has 1 heterocycles. The molecule has 2 rings (SSSR count). The molecule has 3 nitrogen and oxygen atoms in total. The van der Waals surface area contributed by atoms with Crippen molar-refractivity contribution in [2.75, 3.05) is 0 Å². The Hall–Kier alpha value is -1.13. The number of carbonyl (C=O) groups is 1. The van der Waals surface area contributed by atoms with Crippen molar-refractivity contribution >= 4 is 12.9 Å². The molecule has 1 aliphatic heterocycles. The topological polar surface area (TPSA) is 35.5 Å². The Morgan fingerprint density at radius 1 is 1.04 bits per heavy atom. The fourth-order valence-corrected chi connectivity index (χ4v) is 3.00. The van der Waals surface area contributed by atoms with Crippen LogP contribution in [0.4, 0.5) is 0 Å². The average molecular weight is 316 g/mol. The first-order valence-electron chi connectivity index (χ1n) is 8.61. The minimum Gasteiger partial charge on any atom is -0.403 e. The maximum Gasteiger partial charge on any atom is 0.457 e. The van der Waals surface area contributed by atoms with E-state index in [1.165, 1.54) is 5.56 Å². The van der Waals surface area contributed by atoms with E-state index < -0.39 is 0 Å². The summed E-state index contributed by atoms with van der Waals surface area (Å²) < 4.78 is 12.2. The third kappa shape index (κ3) is 4.68. The predicted octanol–water partition coefficient (Wildman–Crippen LogP) is 4.62. The van der Waals surface area contributed by atoms with Crippen LogP contribution < -0.4 is 0 Å². The molecule has 0 saturated carbocycles. The second kappa shape index (κ2) is 7.19. The lowest BCUT2D eigenvalue weighted by Crippen LogP contribution is -2.41. The molecule has 0 aromatic heterocycles. The first-order valence-corrected chi connectivity index (χ1v) is 8.61. The monoisotopic (exact) mass is 316 g/mol. The van der Waals surface area contributed by atoms with Gasteiger partial charge in [0.25, 0.3) is 0 Å². The van der Waals surface area contributed by atoms with Crippen molar-refractivity contribution < 1.29 is 14.1 Å². The highest BCUT2D eigenvalue weighted by Crippen LogP contribution is 2.39. The van der Waals surface area contributed by atoms with E-state index in [9.17, 15) is 4.79 Å². The summed E-state index contributed by atoms with van der Waals surface area (Å²) in [6.45, 7) is 9.99. The molecule has 23 heavy (non-hydrogen) atoms. The van der Waals surface area contributed by atoms with E-state index in [-0.39, 0.29) is 24.1 Å². The summed E-state index contributed by atoms with van der Waals surface area (Å²) in [5.74, 6) is 0.626. The van der Waals surface area contributed by atoms with Crippen molar-refractivity contribution in [3.8, 4) is 0 Å². The number of hydrogen-bond donors (Lipinski definition) is 0. The summed E-state index contributed by atoms with van der Waals surface area (Å²) in [4.78, 5) is 11.4. The summed E-state index contributed by atoms with van der Waals surface area (Å²) in [5.41, 5.74) is 0.740. The van der Waals surface area contributed by atoms with Crippen LogP contribution in [0.2, 0.25) is 6.32 Å². The Labute approximate surface area is 140 Å². The third-order valence-corrected chi connectivity index (χ3v) is 5.17. The Bertz CT molecular complexity index is 509. The molecule has 1 fully saturated rings. The molecule has 1 unspecified atom stereocenters. The minimum absolute atomic E-state index is 0.163. The van der Waals surface area contributed by atoms with Gasteiger partial charge in [-0.1, -0.05) is 30.3 Å². The molecule has 0 bridgehead atoms. The SMILES string of the molecule is CC(=O)CCC(CCB1OC(C)(C)C(C)(C)O1)c1ccccc1. The molecule has 0 N–H and O–H groups in total. The summed E-state index contributed by atoms with van der Waals surface area (Å²) >= 11 is 0. The molecule has 0 aliphatic carbocycles. The first-order chi connectivity index (χ1) is 10.7. The molecule has 1 aromatic carbocycles. The van der Waals surface area contributed by atoms with E-state index in [4.69, 9.17) is 9.31 Å². The van der Waals surface area contributed by atoms with Crippen molar-refractivity contribution in [3.05, 3.63) is 35.9 Å². The quantitative estimate of drug-likeness (QED) is 0.688. The lowest BCUT2D eigenvalue weighted by molar-refractivity contribution is -0.117. The van der Waals surface area contributed by atoms with Crippen LogP contribution in [0, 0.1) is 0 Å². The fourth-order valence-electron chi connectivity index (χ4n) is 3.00. The highest BCUT2D eigenvalue weighted by atomic mass is 16.7. The van der Waals surface area contributed by atoms with Gasteiger partial charge >= 0.3 is 7.12 Å². The molecule has 1 aromatic rings. The minimum atomic E-state index is -0.278. The second-order valence-electron chi connectivity index (χ2n) is 7.61. The van der Waals surface area contributed by atoms with Gasteiger partial charge in [0.05, 0.1) is 11.2 Å². The zero-order valence-corrected chi connectivity index (χ0v) is 15.1. The summed E-state index contributed by atoms with van der Waals surface area (Å²) in [6.07, 6.45) is 3.33. The van der Waals surface area contributed by atoms with Gasteiger partial charge in [0.15, 0.2) is 0 Å². The number of rotatable bonds is 7. The molecule has 0 spiro atoms. The first kappa shape index (κ1) is 18.2. The van der Waals surface area contributed by atoms with Crippen LogP contribution in [0.1, 0.15) is 65.4 Å². The van der Waals surface area contributed by atoms with Crippen LogP contribution in [0.15, 0.2) is 30.3 Å². The number of hydrogen-bond acceptors (Lipinski definition) is 3. The lowest BCUT2D eigenvalue weighted by atomic mass is 9.77. The molecular formula is C19H29BO3. The molecule has 1 aliphatic rings. The molecular weight excluding hydrogens is 287 g/mol. The molecule has 1 atom stereocenters. The van der Waals surface area contributed by atoms with Gasteiger partial charge in [0.2, 0.25) is 0 Å². The molecule has 126 valence electrons. The van der Waals surface area contributed by atoms with Gasteiger partial charge in [-0.25, -0.2) is 0 Å². The maximum atomic E-state index is 11.4. The van der Waals surface area contributed by atoms with E-state index in [0.717, 1.165) is 19.2 Å². The van der Waals surface area contributed by atoms with Gasteiger partial charge in [0, 0.05) is 6.42 Å². The van der Waals surface area contributed by atoms with Crippen molar-refractivity contribution in [2.45, 2.75) is 77.3 Å². The maximum absolute atomic E-state index is 11.4. The van der Waals surface area contributed by atoms with E-state index in [0.29, 0.717) is 12.3 Å². The standard InChI is InChI=1S/C19H29BO3/c1-15(21)11-12-17(16-9-7-6-8-10-16)13-14-20-22-18(2,3)19(4,5)23-20/h6-10,17H,11-14H2,1-5H3. The van der Waals surface area contributed by atoms with Gasteiger partial charge in [-0.2, -0.15) is 0 Å². The number of Topliss-reactive ketones (excluding diaryl/α,β-unsaturated/α-hetero) is 1. The largest absolute Gasteiger partial charge is 0.457 e. The Morgan fingerprint density at radius 3 is 2.13 bits per heavy atom. The van der Waals surface area contributed by atoms with Crippen molar-refractivity contribution in [3.63, 3.8) is 0 Å². The summed E-state index contributed by atoms with van der Waals surface area (Å²) in [5, 5.41) is 0. The highest BCUT2D eigenvalue weighted by Gasteiger charge is 2.50. The average Bonchev–Trinajstić information content (AvgIpc) is 2.67. The van der Waals surface area contributed by atoms with Gasteiger partial charge in [-0.15, -0.1) is 0 Å². The Balaban J connectivity index is 1.98. The predicted molar refractivity (Wildman–Crippen MR) is 94.6 cm³/mol. The van der Waals surface area contributed by atoms with Gasteiger partial charge in [0.1, 0.15) is 5.78 Å². The van der Waals surface area contributed by atoms with Crippen molar-refractivity contribution in [2.24, 2.45) is 0 Å².